The Morgan fingerprint density at radius 1 is 0.400 bits per heavy atom. The van der Waals surface area contributed by atoms with E-state index in [4.69, 9.17) is 0 Å². The summed E-state index contributed by atoms with van der Waals surface area (Å²) in [6.07, 6.45) is 0. The Balaban J connectivity index is 0. The molecule has 38 valence electrons. The molecule has 0 bridgehead atoms. The summed E-state index contributed by atoms with van der Waals surface area (Å²) in [5, 5.41) is 0. The molecule has 0 saturated heterocycles. The van der Waals surface area contributed by atoms with E-state index < -0.39 is 0 Å². The van der Waals surface area contributed by atoms with Crippen molar-refractivity contribution in [2.24, 2.45) is 0 Å². The van der Waals surface area contributed by atoms with Gasteiger partial charge in [0.05, 0.1) is 0 Å². The molecule has 0 rings (SSSR count). The maximum absolute atomic E-state index is 0. The third-order valence-corrected chi connectivity index (χ3v) is 0. The van der Waals surface area contributed by atoms with Gasteiger partial charge in [0.25, 0.3) is 0 Å². The number of hydrogen-bond acceptors (Lipinski definition) is 0. The van der Waals surface area contributed by atoms with E-state index in [1.165, 1.54) is 0 Å². The Morgan fingerprint density at radius 3 is 0.400 bits per heavy atom. The molecule has 0 aliphatic heterocycles. The fourth-order valence-electron chi connectivity index (χ4n) is 0. The summed E-state index contributed by atoms with van der Waals surface area (Å²) in [4.78, 5) is 0. The molecule has 0 atom stereocenters. The van der Waals surface area contributed by atoms with Crippen LogP contribution in [0.4, 0.5) is 0 Å². The van der Waals surface area contributed by atoms with Crippen molar-refractivity contribution in [3.63, 3.8) is 0 Å². The molecule has 0 unspecified atom stereocenters. The van der Waals surface area contributed by atoms with Crippen molar-refractivity contribution in [1.29, 1.82) is 0 Å². The van der Waals surface area contributed by atoms with Gasteiger partial charge in [0.15, 0.2) is 0 Å². The van der Waals surface area contributed by atoms with Crippen LogP contribution in [0, 0.1) is 0 Å². The van der Waals surface area contributed by atoms with Crippen LogP contribution in [0.15, 0.2) is 0 Å². The topological polar surface area (TPSA) is 0 Å². The predicted octanol–water partition coefficient (Wildman–Crippen LogP) is 1.56. The van der Waals surface area contributed by atoms with Crippen LogP contribution in [-0.2, 0) is 0 Å². The van der Waals surface area contributed by atoms with Crippen molar-refractivity contribution in [2.45, 2.75) is 0 Å². The minimum absolute atomic E-state index is 0. The summed E-state index contributed by atoms with van der Waals surface area (Å²) < 4.78 is 0. The van der Waals surface area contributed by atoms with Gasteiger partial charge >= 0.3 is 27.3 Å². The van der Waals surface area contributed by atoms with E-state index in [2.05, 4.69) is 0 Å². The molecule has 0 aliphatic rings. The van der Waals surface area contributed by atoms with Crippen molar-refractivity contribution < 1.29 is 0 Å². The van der Waals surface area contributed by atoms with Crippen molar-refractivity contribution in [3.05, 3.63) is 0 Å². The standard InChI is InChI=1S/4HI.Pb.2H/h4*1H;;;. The number of rotatable bonds is 0. The molecule has 5 heavy (non-hydrogen) atoms. The van der Waals surface area contributed by atoms with Crippen molar-refractivity contribution >= 4 is 123 Å². The van der Waals surface area contributed by atoms with Crippen LogP contribution in [0.1, 0.15) is 0 Å². The quantitative estimate of drug-likeness (QED) is 0.264. The molecule has 2 radical (unpaired) electrons. The van der Waals surface area contributed by atoms with Crippen molar-refractivity contribution in [2.75, 3.05) is 0 Å². The zero-order chi connectivity index (χ0) is 0. The van der Waals surface area contributed by atoms with E-state index in [9.17, 15) is 0 Å². The Morgan fingerprint density at radius 2 is 0.400 bits per heavy atom. The monoisotopic (exact) mass is 722 g/mol. The molecule has 0 spiro atoms. The summed E-state index contributed by atoms with van der Waals surface area (Å²) in [5.74, 6) is 0. The molecular weight excluding hydrogens is 715 g/mol. The predicted molar refractivity (Wildman–Crippen MR) is 70.2 cm³/mol. The van der Waals surface area contributed by atoms with Crippen LogP contribution in [0.2, 0.25) is 0 Å². The Bertz CT molecular complexity index is 3.61. The Hall–Kier alpha value is 3.84. The summed E-state index contributed by atoms with van der Waals surface area (Å²) in [6.45, 7) is 0. The van der Waals surface area contributed by atoms with Crippen LogP contribution in [0.25, 0.3) is 0 Å². The van der Waals surface area contributed by atoms with E-state index >= 15 is 0 Å². The van der Waals surface area contributed by atoms with Gasteiger partial charge in [0.1, 0.15) is 0 Å². The first kappa shape index (κ1) is 36.8. The second-order valence-electron chi connectivity index (χ2n) is 0. The average Bonchev–Trinajstić information content (AvgIpc) is 0. The first-order chi connectivity index (χ1) is 0. The molecule has 0 aromatic heterocycles. The summed E-state index contributed by atoms with van der Waals surface area (Å²) >= 11 is 0. The van der Waals surface area contributed by atoms with Gasteiger partial charge in [0, 0.05) is 0 Å². The molecule has 0 heterocycles. The third-order valence-electron chi connectivity index (χ3n) is 0. The molecule has 0 amide bonds. The molecule has 0 N–H and O–H groups in total. The first-order valence-electron chi connectivity index (χ1n) is 0. The van der Waals surface area contributed by atoms with E-state index in [0.29, 0.717) is 0 Å². The molecule has 0 aromatic carbocycles. The molecule has 0 saturated carbocycles. The van der Waals surface area contributed by atoms with Crippen molar-refractivity contribution in [3.8, 4) is 0 Å². The molecule has 0 fully saturated rings. The summed E-state index contributed by atoms with van der Waals surface area (Å²) in [6, 6.07) is 0. The minimum atomic E-state index is 0. The second-order valence-corrected chi connectivity index (χ2v) is 0. The first-order valence-corrected chi connectivity index (χ1v) is 0. The van der Waals surface area contributed by atoms with Gasteiger partial charge in [-0.25, -0.2) is 0 Å². The van der Waals surface area contributed by atoms with Gasteiger partial charge in [0.2, 0.25) is 0 Å². The fraction of sp³-hybridized carbons (Fsp3) is 0. The zero-order valence-corrected chi connectivity index (χ0v) is 17.2. The summed E-state index contributed by atoms with van der Waals surface area (Å²) in [7, 11) is 0. The SMILES string of the molecule is I.I.I.I.[PbH2]. The van der Waals surface area contributed by atoms with Gasteiger partial charge in [-0.1, -0.05) is 0 Å². The fourth-order valence-corrected chi connectivity index (χ4v) is 0. The van der Waals surface area contributed by atoms with Crippen LogP contribution in [-0.4, -0.2) is 27.3 Å². The van der Waals surface area contributed by atoms with Crippen LogP contribution in [0.3, 0.4) is 0 Å². The van der Waals surface area contributed by atoms with Crippen LogP contribution >= 0.6 is 95.9 Å². The zero-order valence-electron chi connectivity index (χ0n) is 2.34. The molecular formula is H6I4Pb. The van der Waals surface area contributed by atoms with E-state index in [1.807, 2.05) is 0 Å². The summed E-state index contributed by atoms with van der Waals surface area (Å²) in [5.41, 5.74) is 0. The molecule has 0 nitrogen and oxygen atoms in total. The number of hydrogen-bond donors (Lipinski definition) is 0. The Kier molecular flexibility index (Phi) is 183. The van der Waals surface area contributed by atoms with E-state index in [-0.39, 0.29) is 123 Å². The second kappa shape index (κ2) is 24.9. The average molecular weight is 721 g/mol. The van der Waals surface area contributed by atoms with Gasteiger partial charge in [-0.3, -0.25) is 0 Å². The molecule has 0 aliphatic carbocycles. The molecule has 5 heteroatoms. The van der Waals surface area contributed by atoms with Crippen LogP contribution < -0.4 is 0 Å². The van der Waals surface area contributed by atoms with E-state index in [1.54, 1.807) is 0 Å². The molecule has 0 aromatic rings. The van der Waals surface area contributed by atoms with Crippen molar-refractivity contribution in [1.82, 2.24) is 0 Å². The number of halogens is 4. The van der Waals surface area contributed by atoms with Gasteiger partial charge in [-0.15, -0.1) is 95.9 Å². The van der Waals surface area contributed by atoms with Gasteiger partial charge in [-0.05, 0) is 0 Å². The van der Waals surface area contributed by atoms with Gasteiger partial charge < -0.3 is 0 Å². The third kappa shape index (κ3) is 18.1. The Labute approximate surface area is 120 Å². The normalized spacial score (nSPS) is 0. The van der Waals surface area contributed by atoms with Crippen LogP contribution in [0.5, 0.6) is 0 Å². The van der Waals surface area contributed by atoms with E-state index in [0.717, 1.165) is 0 Å². The van der Waals surface area contributed by atoms with Gasteiger partial charge in [-0.2, -0.15) is 0 Å². The maximum atomic E-state index is 0.